The van der Waals surface area contributed by atoms with Gasteiger partial charge in [-0.25, -0.2) is 21.6 Å². The number of aromatic nitrogens is 1. The summed E-state index contributed by atoms with van der Waals surface area (Å²) in [6.45, 7) is 2.68. The molecule has 0 fully saturated rings. The van der Waals surface area contributed by atoms with E-state index in [1.165, 1.54) is 24.7 Å². The number of hydrogen-bond acceptors (Lipinski definition) is 6. The number of halogens is 1. The van der Waals surface area contributed by atoms with Crippen LogP contribution in [-0.2, 0) is 26.4 Å². The van der Waals surface area contributed by atoms with Crippen LogP contribution in [0.3, 0.4) is 0 Å². The molecular formula is C18H26IN5O4S2. The Morgan fingerprint density at radius 2 is 1.83 bits per heavy atom. The molecular weight excluding hydrogens is 541 g/mol. The number of guanidine groups is 1. The van der Waals surface area contributed by atoms with Gasteiger partial charge in [0.15, 0.2) is 15.8 Å². The number of aryl methyl sites for hydroxylation is 1. The lowest BCUT2D eigenvalue weighted by Gasteiger charge is -2.13. The second-order valence-corrected chi connectivity index (χ2v) is 10.1. The van der Waals surface area contributed by atoms with Crippen molar-refractivity contribution in [1.82, 2.24) is 20.3 Å². The van der Waals surface area contributed by atoms with E-state index in [9.17, 15) is 16.8 Å². The Bertz CT molecular complexity index is 1080. The molecule has 2 rings (SSSR count). The molecule has 1 aromatic heterocycles. The van der Waals surface area contributed by atoms with E-state index in [0.717, 1.165) is 5.56 Å². The van der Waals surface area contributed by atoms with Crippen molar-refractivity contribution in [3.05, 3.63) is 53.9 Å². The Kier molecular flexibility index (Phi) is 10.1. The number of pyridine rings is 1. The summed E-state index contributed by atoms with van der Waals surface area (Å²) < 4.78 is 50.1. The van der Waals surface area contributed by atoms with Crippen LogP contribution in [-0.4, -0.2) is 54.2 Å². The highest BCUT2D eigenvalue weighted by Crippen LogP contribution is 2.16. The first-order valence-electron chi connectivity index (χ1n) is 8.77. The topological polar surface area (TPSA) is 130 Å². The number of nitrogens with one attached hydrogen (secondary N) is 3. The van der Waals surface area contributed by atoms with Crippen LogP contribution in [0.1, 0.15) is 11.1 Å². The van der Waals surface area contributed by atoms with Gasteiger partial charge in [-0.1, -0.05) is 12.1 Å². The Hall–Kier alpha value is -1.77. The van der Waals surface area contributed by atoms with E-state index in [4.69, 9.17) is 0 Å². The highest BCUT2D eigenvalue weighted by atomic mass is 127. The summed E-state index contributed by atoms with van der Waals surface area (Å²) >= 11 is 0. The molecule has 1 aromatic carbocycles. The van der Waals surface area contributed by atoms with Crippen molar-refractivity contribution in [2.24, 2.45) is 4.99 Å². The van der Waals surface area contributed by atoms with Gasteiger partial charge in [-0.3, -0.25) is 9.98 Å². The zero-order chi connectivity index (χ0) is 21.5. The van der Waals surface area contributed by atoms with Gasteiger partial charge in [-0.15, -0.1) is 24.0 Å². The van der Waals surface area contributed by atoms with Gasteiger partial charge < -0.3 is 10.6 Å². The van der Waals surface area contributed by atoms with Crippen molar-refractivity contribution in [3.63, 3.8) is 0 Å². The summed E-state index contributed by atoms with van der Waals surface area (Å²) in [5.41, 5.74) is 1.58. The molecule has 0 atom stereocenters. The molecule has 0 aliphatic carbocycles. The van der Waals surface area contributed by atoms with Gasteiger partial charge in [0, 0.05) is 45.3 Å². The Balaban J connectivity index is 0.00000450. The quantitative estimate of drug-likeness (QED) is 0.188. The Labute approximate surface area is 194 Å². The van der Waals surface area contributed by atoms with Gasteiger partial charge >= 0.3 is 0 Å². The lowest BCUT2D eigenvalue weighted by atomic mass is 10.1. The maximum Gasteiger partial charge on any atom is 0.242 e. The molecule has 0 saturated carbocycles. The van der Waals surface area contributed by atoms with Gasteiger partial charge in [-0.2, -0.15) is 0 Å². The Morgan fingerprint density at radius 3 is 2.40 bits per heavy atom. The Morgan fingerprint density at radius 1 is 1.10 bits per heavy atom. The van der Waals surface area contributed by atoms with E-state index in [1.807, 2.05) is 0 Å². The number of nitrogens with zero attached hydrogens (tertiary/aromatic N) is 2. The molecule has 0 bridgehead atoms. The van der Waals surface area contributed by atoms with Crippen molar-refractivity contribution >= 4 is 49.8 Å². The molecule has 1 heterocycles. The summed E-state index contributed by atoms with van der Waals surface area (Å²) in [5.74, 6) is 0.496. The highest BCUT2D eigenvalue weighted by Gasteiger charge is 2.13. The van der Waals surface area contributed by atoms with Crippen molar-refractivity contribution in [2.75, 3.05) is 26.4 Å². The maximum atomic E-state index is 12.1. The molecule has 2 aromatic rings. The number of rotatable bonds is 8. The molecule has 30 heavy (non-hydrogen) atoms. The minimum absolute atomic E-state index is 0. The van der Waals surface area contributed by atoms with Crippen LogP contribution in [0.15, 0.2) is 57.5 Å². The normalized spacial score (nSPS) is 12.2. The summed E-state index contributed by atoms with van der Waals surface area (Å²) in [6, 6.07) is 8.17. The SMILES string of the molecule is CN=C(NCCNS(=O)(=O)c1cccnc1)NCc1ccc(S(C)(=O)=O)c(C)c1.I. The van der Waals surface area contributed by atoms with E-state index in [0.29, 0.717) is 29.5 Å². The number of hydrogen-bond donors (Lipinski definition) is 3. The first-order valence-corrected chi connectivity index (χ1v) is 12.1. The van der Waals surface area contributed by atoms with Crippen LogP contribution in [0.25, 0.3) is 0 Å². The first-order chi connectivity index (χ1) is 13.6. The second-order valence-electron chi connectivity index (χ2n) is 6.31. The van der Waals surface area contributed by atoms with Crippen molar-refractivity contribution < 1.29 is 16.8 Å². The summed E-state index contributed by atoms with van der Waals surface area (Å²) in [5, 5.41) is 6.12. The third-order valence-electron chi connectivity index (χ3n) is 3.98. The fourth-order valence-electron chi connectivity index (χ4n) is 2.60. The molecule has 3 N–H and O–H groups in total. The fourth-order valence-corrected chi connectivity index (χ4v) is 4.55. The zero-order valence-electron chi connectivity index (χ0n) is 16.9. The number of benzene rings is 1. The molecule has 0 saturated heterocycles. The van der Waals surface area contributed by atoms with Gasteiger partial charge in [-0.05, 0) is 36.2 Å². The van der Waals surface area contributed by atoms with E-state index < -0.39 is 19.9 Å². The average molecular weight is 567 g/mol. The third kappa shape index (κ3) is 7.81. The summed E-state index contributed by atoms with van der Waals surface area (Å²) in [4.78, 5) is 8.30. The second kappa shape index (κ2) is 11.6. The molecule has 0 spiro atoms. The van der Waals surface area contributed by atoms with Crippen molar-refractivity contribution in [1.29, 1.82) is 0 Å². The van der Waals surface area contributed by atoms with E-state index >= 15 is 0 Å². The van der Waals surface area contributed by atoms with Crippen LogP contribution >= 0.6 is 24.0 Å². The van der Waals surface area contributed by atoms with Gasteiger partial charge in [0.05, 0.1) is 4.90 Å². The molecule has 0 unspecified atom stereocenters. The molecule has 0 aliphatic rings. The van der Waals surface area contributed by atoms with Crippen LogP contribution in [0.5, 0.6) is 0 Å². The molecule has 12 heteroatoms. The molecule has 166 valence electrons. The predicted octanol–water partition coefficient (Wildman–Crippen LogP) is 1.06. The van der Waals surface area contributed by atoms with Crippen molar-refractivity contribution in [2.45, 2.75) is 23.3 Å². The van der Waals surface area contributed by atoms with Crippen molar-refractivity contribution in [3.8, 4) is 0 Å². The number of aliphatic imine (C=N–C) groups is 1. The smallest absolute Gasteiger partial charge is 0.242 e. The monoisotopic (exact) mass is 567 g/mol. The zero-order valence-corrected chi connectivity index (χ0v) is 20.9. The van der Waals surface area contributed by atoms with Crippen LogP contribution in [0.2, 0.25) is 0 Å². The predicted molar refractivity (Wildman–Crippen MR) is 127 cm³/mol. The maximum absolute atomic E-state index is 12.1. The lowest BCUT2D eigenvalue weighted by molar-refractivity contribution is 0.580. The molecule has 0 radical (unpaired) electrons. The van der Waals surface area contributed by atoms with Crippen LogP contribution in [0, 0.1) is 6.92 Å². The average Bonchev–Trinajstić information content (AvgIpc) is 2.67. The van der Waals surface area contributed by atoms with E-state index in [1.54, 1.807) is 38.2 Å². The van der Waals surface area contributed by atoms with Crippen LogP contribution in [0.4, 0.5) is 0 Å². The lowest BCUT2D eigenvalue weighted by Crippen LogP contribution is -2.41. The third-order valence-corrected chi connectivity index (χ3v) is 6.68. The van der Waals surface area contributed by atoms with Gasteiger partial charge in [0.1, 0.15) is 4.90 Å². The number of sulfonamides is 1. The van der Waals surface area contributed by atoms with Gasteiger partial charge in [0.2, 0.25) is 10.0 Å². The highest BCUT2D eigenvalue weighted by molar-refractivity contribution is 14.0. The molecule has 0 aliphatic heterocycles. The summed E-state index contributed by atoms with van der Waals surface area (Å²) in [6.07, 6.45) is 3.97. The minimum atomic E-state index is -3.60. The molecule has 9 nitrogen and oxygen atoms in total. The first kappa shape index (κ1) is 26.3. The standard InChI is InChI=1S/C18H25N5O4S2.HI/c1-14-11-15(6-7-17(14)28(3,24)25)12-22-18(19-2)21-9-10-23-29(26,27)16-5-4-8-20-13-16;/h4-8,11,13,23H,9-10,12H2,1-3H3,(H2,19,21,22);1H. The largest absolute Gasteiger partial charge is 0.355 e. The number of sulfone groups is 1. The van der Waals surface area contributed by atoms with Gasteiger partial charge in [0.25, 0.3) is 0 Å². The fraction of sp³-hybridized carbons (Fsp3) is 0.333. The molecule has 0 amide bonds. The van der Waals surface area contributed by atoms with E-state index in [-0.39, 0.29) is 35.4 Å². The van der Waals surface area contributed by atoms with Crippen LogP contribution < -0.4 is 15.4 Å². The van der Waals surface area contributed by atoms with E-state index in [2.05, 4.69) is 25.3 Å². The minimum Gasteiger partial charge on any atom is -0.355 e. The summed E-state index contributed by atoms with van der Waals surface area (Å²) in [7, 11) is -5.25.